The minimum atomic E-state index is -0.991. The van der Waals surface area contributed by atoms with Crippen molar-refractivity contribution in [3.05, 3.63) is 28.8 Å². The lowest BCUT2D eigenvalue weighted by atomic mass is 10.1. The summed E-state index contributed by atoms with van der Waals surface area (Å²) in [6.45, 7) is 3.17. The van der Waals surface area contributed by atoms with E-state index in [0.29, 0.717) is 5.69 Å². The molecule has 0 aromatic heterocycles. The van der Waals surface area contributed by atoms with Crippen LogP contribution in [-0.4, -0.2) is 17.4 Å². The number of amides is 2. The van der Waals surface area contributed by atoms with Gasteiger partial charge in [-0.2, -0.15) is 0 Å². The van der Waals surface area contributed by atoms with Gasteiger partial charge in [0, 0.05) is 5.69 Å². The number of hydrogen-bond donors (Lipinski definition) is 3. The minimum absolute atomic E-state index is 0. The Bertz CT molecular complexity index is 470. The van der Waals surface area contributed by atoms with E-state index in [1.165, 1.54) is 18.2 Å². The van der Waals surface area contributed by atoms with E-state index in [-0.39, 0.29) is 28.9 Å². The molecule has 18 heavy (non-hydrogen) atoms. The van der Waals surface area contributed by atoms with Crippen LogP contribution in [-0.2, 0) is 4.79 Å². The average Bonchev–Trinajstić information content (AvgIpc) is 2.15. The molecular formula is C11H15Cl2N3O2. The Balaban J connectivity index is 0.00000289. The van der Waals surface area contributed by atoms with E-state index in [1.54, 1.807) is 13.8 Å². The summed E-state index contributed by atoms with van der Waals surface area (Å²) in [6, 6.07) is 4.44. The fraction of sp³-hybridized carbons (Fsp3) is 0.273. The number of benzene rings is 1. The normalized spacial score (nSPS) is 10.4. The van der Waals surface area contributed by atoms with Crippen molar-refractivity contribution in [3.63, 3.8) is 0 Å². The van der Waals surface area contributed by atoms with Crippen molar-refractivity contribution in [2.24, 2.45) is 11.5 Å². The van der Waals surface area contributed by atoms with Crippen LogP contribution in [0.15, 0.2) is 18.2 Å². The summed E-state index contributed by atoms with van der Waals surface area (Å²) >= 11 is 5.84. The molecule has 1 aromatic rings. The Labute approximate surface area is 116 Å². The summed E-state index contributed by atoms with van der Waals surface area (Å²) in [6.07, 6.45) is 0. The topological polar surface area (TPSA) is 98.2 Å². The maximum absolute atomic E-state index is 11.6. The number of anilines is 1. The number of nitrogens with one attached hydrogen (secondary N) is 1. The zero-order valence-corrected chi connectivity index (χ0v) is 11.6. The second-order valence-corrected chi connectivity index (χ2v) is 4.64. The van der Waals surface area contributed by atoms with Crippen LogP contribution in [0.3, 0.4) is 0 Å². The van der Waals surface area contributed by atoms with Crippen LogP contribution >= 0.6 is 24.0 Å². The smallest absolute Gasteiger partial charge is 0.250 e. The molecule has 0 saturated carbocycles. The van der Waals surface area contributed by atoms with Gasteiger partial charge in [0.05, 0.1) is 16.1 Å². The molecule has 0 unspecified atom stereocenters. The Morgan fingerprint density at radius 3 is 2.28 bits per heavy atom. The molecule has 0 saturated heterocycles. The number of primary amides is 1. The predicted molar refractivity (Wildman–Crippen MR) is 74.1 cm³/mol. The molecule has 0 heterocycles. The van der Waals surface area contributed by atoms with Crippen LogP contribution < -0.4 is 16.8 Å². The van der Waals surface area contributed by atoms with Crippen LogP contribution in [0, 0.1) is 0 Å². The summed E-state index contributed by atoms with van der Waals surface area (Å²) < 4.78 is 0. The van der Waals surface area contributed by atoms with Gasteiger partial charge < -0.3 is 16.8 Å². The molecule has 7 heteroatoms. The van der Waals surface area contributed by atoms with Gasteiger partial charge in [-0.25, -0.2) is 0 Å². The summed E-state index contributed by atoms with van der Waals surface area (Å²) in [4.78, 5) is 22.5. The van der Waals surface area contributed by atoms with Crippen LogP contribution in [0.2, 0.25) is 5.02 Å². The number of nitrogens with two attached hydrogens (primary N) is 2. The molecule has 0 spiro atoms. The summed E-state index contributed by atoms with van der Waals surface area (Å²) in [5.41, 5.74) is 10.4. The Kier molecular flexibility index (Phi) is 5.60. The molecule has 5 N–H and O–H groups in total. The van der Waals surface area contributed by atoms with Gasteiger partial charge in [-0.1, -0.05) is 11.6 Å². The minimum Gasteiger partial charge on any atom is -0.366 e. The highest BCUT2D eigenvalue weighted by atomic mass is 35.5. The third kappa shape index (κ3) is 4.18. The lowest BCUT2D eigenvalue weighted by Crippen LogP contribution is -2.45. The van der Waals surface area contributed by atoms with E-state index in [4.69, 9.17) is 23.1 Å². The number of halogens is 2. The van der Waals surface area contributed by atoms with Gasteiger partial charge in [0.1, 0.15) is 0 Å². The maximum atomic E-state index is 11.6. The number of rotatable bonds is 3. The fourth-order valence-electron chi connectivity index (χ4n) is 1.08. The largest absolute Gasteiger partial charge is 0.366 e. The van der Waals surface area contributed by atoms with Gasteiger partial charge in [0.2, 0.25) is 11.8 Å². The van der Waals surface area contributed by atoms with E-state index in [9.17, 15) is 9.59 Å². The molecule has 2 amide bonds. The van der Waals surface area contributed by atoms with Crippen LogP contribution in [0.5, 0.6) is 0 Å². The monoisotopic (exact) mass is 291 g/mol. The molecule has 0 radical (unpaired) electrons. The molecule has 1 rings (SSSR count). The SMILES string of the molecule is CC(C)(N)C(=O)Nc1ccc(C(N)=O)c(Cl)c1.Cl. The maximum Gasteiger partial charge on any atom is 0.250 e. The molecule has 1 aromatic carbocycles. The molecule has 0 aliphatic rings. The highest BCUT2D eigenvalue weighted by molar-refractivity contribution is 6.34. The van der Waals surface area contributed by atoms with E-state index in [1.807, 2.05) is 0 Å². The fourth-order valence-corrected chi connectivity index (χ4v) is 1.36. The van der Waals surface area contributed by atoms with Crippen LogP contribution in [0.4, 0.5) is 5.69 Å². The van der Waals surface area contributed by atoms with Crippen molar-refractivity contribution in [2.75, 3.05) is 5.32 Å². The first kappa shape index (κ1) is 16.7. The Morgan fingerprint density at radius 1 is 1.33 bits per heavy atom. The first-order valence-corrected chi connectivity index (χ1v) is 5.29. The second kappa shape index (κ2) is 6.04. The van der Waals surface area contributed by atoms with E-state index in [2.05, 4.69) is 5.32 Å². The predicted octanol–water partition coefficient (Wildman–Crippen LogP) is 1.54. The standard InChI is InChI=1S/C11H14ClN3O2.ClH/c1-11(2,14)10(17)15-6-3-4-7(9(13)16)8(12)5-6;/h3-5H,14H2,1-2H3,(H2,13,16)(H,15,17);1H. The first-order chi connectivity index (χ1) is 7.71. The number of carbonyl (C=O) groups excluding carboxylic acids is 2. The number of carbonyl (C=O) groups is 2. The van der Waals surface area contributed by atoms with E-state index >= 15 is 0 Å². The van der Waals surface area contributed by atoms with Gasteiger partial charge in [0.25, 0.3) is 0 Å². The van der Waals surface area contributed by atoms with Crippen molar-refractivity contribution in [2.45, 2.75) is 19.4 Å². The molecule has 100 valence electrons. The van der Waals surface area contributed by atoms with Gasteiger partial charge in [0.15, 0.2) is 0 Å². The van der Waals surface area contributed by atoms with Gasteiger partial charge in [-0.3, -0.25) is 9.59 Å². The van der Waals surface area contributed by atoms with Crippen molar-refractivity contribution >= 4 is 41.5 Å². The highest BCUT2D eigenvalue weighted by Crippen LogP contribution is 2.21. The lowest BCUT2D eigenvalue weighted by Gasteiger charge is -2.18. The quantitative estimate of drug-likeness (QED) is 0.788. The zero-order chi connectivity index (χ0) is 13.2. The number of hydrogen-bond acceptors (Lipinski definition) is 3. The highest BCUT2D eigenvalue weighted by Gasteiger charge is 2.22. The van der Waals surface area contributed by atoms with Crippen LogP contribution in [0.1, 0.15) is 24.2 Å². The molecule has 0 aliphatic heterocycles. The van der Waals surface area contributed by atoms with Crippen molar-refractivity contribution < 1.29 is 9.59 Å². The van der Waals surface area contributed by atoms with E-state index in [0.717, 1.165) is 0 Å². The summed E-state index contributed by atoms with van der Waals surface area (Å²) in [5, 5.41) is 2.77. The molecule has 0 atom stereocenters. The third-order valence-corrected chi connectivity index (χ3v) is 2.39. The van der Waals surface area contributed by atoms with Crippen molar-refractivity contribution in [1.29, 1.82) is 0 Å². The second-order valence-electron chi connectivity index (χ2n) is 4.23. The molecule has 0 fully saturated rings. The van der Waals surface area contributed by atoms with Crippen LogP contribution in [0.25, 0.3) is 0 Å². The molecular weight excluding hydrogens is 277 g/mol. The molecule has 5 nitrogen and oxygen atoms in total. The van der Waals surface area contributed by atoms with Gasteiger partial charge in [-0.15, -0.1) is 12.4 Å². The van der Waals surface area contributed by atoms with Crippen molar-refractivity contribution in [1.82, 2.24) is 0 Å². The third-order valence-electron chi connectivity index (χ3n) is 2.08. The van der Waals surface area contributed by atoms with Gasteiger partial charge >= 0.3 is 0 Å². The molecule has 0 aliphatic carbocycles. The summed E-state index contributed by atoms with van der Waals surface area (Å²) in [5.74, 6) is -0.965. The average molecular weight is 292 g/mol. The van der Waals surface area contributed by atoms with E-state index < -0.39 is 11.4 Å². The first-order valence-electron chi connectivity index (χ1n) is 4.91. The lowest BCUT2D eigenvalue weighted by molar-refractivity contribution is -0.120. The molecule has 0 bridgehead atoms. The Hall–Kier alpha value is -1.30. The van der Waals surface area contributed by atoms with Gasteiger partial charge in [-0.05, 0) is 32.0 Å². The van der Waals surface area contributed by atoms with Crippen molar-refractivity contribution in [3.8, 4) is 0 Å². The zero-order valence-electron chi connectivity index (χ0n) is 9.99. The summed E-state index contributed by atoms with van der Waals surface area (Å²) in [7, 11) is 0. The Morgan fingerprint density at radius 2 is 1.89 bits per heavy atom.